The first-order valence-corrected chi connectivity index (χ1v) is 13.6. The van der Waals surface area contributed by atoms with Crippen molar-refractivity contribution >= 4 is 0 Å². The van der Waals surface area contributed by atoms with Crippen LogP contribution in [-0.2, 0) is 32.9 Å². The second kappa shape index (κ2) is 16.1. The first-order chi connectivity index (χ1) is 19.8. The van der Waals surface area contributed by atoms with E-state index in [1.54, 1.807) is 6.20 Å². The van der Waals surface area contributed by atoms with Crippen molar-refractivity contribution in [3.05, 3.63) is 163 Å². The van der Waals surface area contributed by atoms with E-state index >= 15 is 0 Å². The summed E-state index contributed by atoms with van der Waals surface area (Å²) in [5.74, 6) is 0. The molecule has 0 spiro atoms. The van der Waals surface area contributed by atoms with E-state index in [1.165, 1.54) is 0 Å². The van der Waals surface area contributed by atoms with E-state index < -0.39 is 0 Å². The van der Waals surface area contributed by atoms with E-state index in [0.717, 1.165) is 70.8 Å². The Morgan fingerprint density at radius 1 is 0.439 bits per heavy atom. The quantitative estimate of drug-likeness (QED) is 0.118. The number of rotatable bonds is 8. The van der Waals surface area contributed by atoms with Gasteiger partial charge in [0.15, 0.2) is 0 Å². The van der Waals surface area contributed by atoms with Crippen LogP contribution in [0, 0.1) is 18.2 Å². The van der Waals surface area contributed by atoms with Crippen LogP contribution in [0.4, 0.5) is 0 Å². The van der Waals surface area contributed by atoms with Crippen LogP contribution < -0.4 is 0 Å². The van der Waals surface area contributed by atoms with Gasteiger partial charge in [0.1, 0.15) is 0 Å². The number of hydrogen-bond donors (Lipinski definition) is 0. The summed E-state index contributed by atoms with van der Waals surface area (Å²) >= 11 is 0. The van der Waals surface area contributed by atoms with Gasteiger partial charge in [-0.05, 0) is 61.0 Å². The molecule has 0 N–H and O–H groups in total. The van der Waals surface area contributed by atoms with E-state index in [1.807, 2.05) is 91.0 Å². The molecule has 0 fully saturated rings. The van der Waals surface area contributed by atoms with Gasteiger partial charge in [-0.25, -0.2) is 0 Å². The monoisotopic (exact) mass is 709 g/mol. The number of hydrogen-bond acceptors (Lipinski definition) is 3. The van der Waals surface area contributed by atoms with Crippen molar-refractivity contribution in [1.29, 1.82) is 0 Å². The molecule has 0 aliphatic carbocycles. The van der Waals surface area contributed by atoms with E-state index in [2.05, 4.69) is 59.6 Å². The van der Waals surface area contributed by atoms with Crippen molar-refractivity contribution in [2.24, 2.45) is 0 Å². The van der Waals surface area contributed by atoms with Gasteiger partial charge in [-0.3, -0.25) is 0 Å². The number of unbranched alkanes of at least 4 members (excludes halogenated alkanes) is 1. The Morgan fingerprint density at radius 3 is 1.29 bits per heavy atom. The molecule has 6 aromatic rings. The van der Waals surface area contributed by atoms with Gasteiger partial charge in [0, 0.05) is 17.6 Å². The Hall–Kier alpha value is -4.24. The molecule has 3 heterocycles. The topological polar surface area (TPSA) is 38.7 Å². The maximum Gasteiger partial charge on any atom is 3.00 e. The second-order valence-corrected chi connectivity index (χ2v) is 9.28. The molecule has 0 radical (unpaired) electrons. The summed E-state index contributed by atoms with van der Waals surface area (Å²) in [5, 5.41) is 0. The first kappa shape index (κ1) is 29.7. The molecule has 0 bridgehead atoms. The first-order valence-electron chi connectivity index (χ1n) is 13.6. The summed E-state index contributed by atoms with van der Waals surface area (Å²) in [5.41, 5.74) is 8.35. The minimum atomic E-state index is 0. The van der Waals surface area contributed by atoms with Crippen molar-refractivity contribution in [3.8, 4) is 33.8 Å². The number of benzene rings is 3. The van der Waals surface area contributed by atoms with Crippen molar-refractivity contribution in [1.82, 2.24) is 15.0 Å². The van der Waals surface area contributed by atoms with Crippen LogP contribution in [0.25, 0.3) is 33.8 Å². The Kier molecular flexibility index (Phi) is 11.7. The van der Waals surface area contributed by atoms with Crippen LogP contribution in [-0.4, -0.2) is 15.0 Å². The predicted molar refractivity (Wildman–Crippen MR) is 162 cm³/mol. The molecule has 0 aliphatic heterocycles. The fourth-order valence-corrected chi connectivity index (χ4v) is 4.33. The van der Waals surface area contributed by atoms with E-state index in [0.29, 0.717) is 0 Å². The Morgan fingerprint density at radius 2 is 0.878 bits per heavy atom. The minimum absolute atomic E-state index is 0. The molecule has 6 rings (SSSR count). The summed E-state index contributed by atoms with van der Waals surface area (Å²) in [6.45, 7) is 0. The molecule has 3 aromatic heterocycles. The van der Waals surface area contributed by atoms with Gasteiger partial charge >= 0.3 is 20.1 Å². The van der Waals surface area contributed by atoms with E-state index in [4.69, 9.17) is 9.97 Å². The van der Waals surface area contributed by atoms with Gasteiger partial charge in [-0.2, -0.15) is 0 Å². The predicted octanol–water partition coefficient (Wildman–Crippen LogP) is 8.52. The molecule has 0 atom stereocenters. The van der Waals surface area contributed by atoms with Crippen molar-refractivity contribution in [3.63, 3.8) is 0 Å². The molecule has 41 heavy (non-hydrogen) atoms. The zero-order valence-electron chi connectivity index (χ0n) is 22.7. The van der Waals surface area contributed by atoms with Crippen molar-refractivity contribution in [2.75, 3.05) is 0 Å². The number of nitrogens with zero attached hydrogens (tertiary/aromatic N) is 3. The molecule has 3 nitrogen and oxygen atoms in total. The van der Waals surface area contributed by atoms with Crippen LogP contribution in [0.1, 0.15) is 24.2 Å². The van der Waals surface area contributed by atoms with Crippen LogP contribution in [0.3, 0.4) is 0 Å². The minimum Gasteiger partial charge on any atom is -0.305 e. The number of aryl methyl sites for hydroxylation is 2. The van der Waals surface area contributed by atoms with Gasteiger partial charge in [0.2, 0.25) is 0 Å². The summed E-state index contributed by atoms with van der Waals surface area (Å²) in [6, 6.07) is 51.7. The zero-order chi connectivity index (χ0) is 27.2. The molecule has 0 unspecified atom stereocenters. The van der Waals surface area contributed by atoms with Crippen molar-refractivity contribution < 1.29 is 20.1 Å². The molecule has 0 saturated heterocycles. The Balaban J connectivity index is 0.000000249. The summed E-state index contributed by atoms with van der Waals surface area (Å²) in [4.78, 5) is 13.8. The molecule has 202 valence electrons. The molecule has 0 saturated carbocycles. The Labute approximate surface area is 256 Å². The third-order valence-corrected chi connectivity index (χ3v) is 6.35. The van der Waals surface area contributed by atoms with Crippen LogP contribution in [0.15, 0.2) is 134 Å². The third-order valence-electron chi connectivity index (χ3n) is 6.35. The average Bonchev–Trinajstić information content (AvgIpc) is 3.05. The van der Waals surface area contributed by atoms with E-state index in [9.17, 15) is 0 Å². The number of aromatic nitrogens is 3. The van der Waals surface area contributed by atoms with Crippen LogP contribution in [0.5, 0.6) is 0 Å². The van der Waals surface area contributed by atoms with Gasteiger partial charge in [0.25, 0.3) is 0 Å². The summed E-state index contributed by atoms with van der Waals surface area (Å²) in [6.07, 6.45) is 5.94. The SMILES string of the molecule is [Ir+3].[c-]1ccccc1-c1cccc(CCCCc2cccc(-c3[c-]cccc3)n2)n1.[c-]1ccccc1-c1ccccn1. The molecule has 0 amide bonds. The van der Waals surface area contributed by atoms with Gasteiger partial charge in [-0.15, -0.1) is 108 Å². The van der Waals surface area contributed by atoms with Gasteiger partial charge in [0.05, 0.1) is 0 Å². The number of pyridine rings is 3. The van der Waals surface area contributed by atoms with Gasteiger partial charge in [-0.1, -0.05) is 36.4 Å². The largest absolute Gasteiger partial charge is 3.00 e. The van der Waals surface area contributed by atoms with Gasteiger partial charge < -0.3 is 15.0 Å². The Bertz CT molecular complexity index is 1450. The fraction of sp³-hybridized carbons (Fsp3) is 0.108. The van der Waals surface area contributed by atoms with E-state index in [-0.39, 0.29) is 20.1 Å². The molecular formula is C37H30IrN3. The summed E-state index contributed by atoms with van der Waals surface area (Å²) < 4.78 is 0. The zero-order valence-corrected chi connectivity index (χ0v) is 25.1. The maximum atomic E-state index is 4.79. The smallest absolute Gasteiger partial charge is 0.305 e. The maximum absolute atomic E-state index is 4.79. The third kappa shape index (κ3) is 9.14. The molecule has 0 aliphatic rings. The fourth-order valence-electron chi connectivity index (χ4n) is 4.33. The second-order valence-electron chi connectivity index (χ2n) is 9.28. The van der Waals surface area contributed by atoms with Crippen LogP contribution >= 0.6 is 0 Å². The molecule has 3 aromatic carbocycles. The molecular weight excluding hydrogens is 679 g/mol. The summed E-state index contributed by atoms with van der Waals surface area (Å²) in [7, 11) is 0. The average molecular weight is 709 g/mol. The van der Waals surface area contributed by atoms with Crippen LogP contribution in [0.2, 0.25) is 0 Å². The molecule has 4 heteroatoms. The normalized spacial score (nSPS) is 10.1. The van der Waals surface area contributed by atoms with Crippen molar-refractivity contribution in [2.45, 2.75) is 25.7 Å². The standard InChI is InChI=1S/C26H22N2.C11H8N.Ir/c1-3-11-21(12-4-1)25-19-9-17-23(27-25)15-7-8-16-24-18-10-20-26(28-24)22-13-5-2-6-14-22;1-2-6-10(7-3-1)11-8-4-5-9-12-11;/h1-6,9-11,13,17-20H,7-8,15-16H2;1-6,8-9H;/q-2;-1;+3.